The van der Waals surface area contributed by atoms with Crippen molar-refractivity contribution in [3.05, 3.63) is 47.8 Å². The number of aromatic nitrogens is 2. The minimum atomic E-state index is -3.35. The predicted octanol–water partition coefficient (Wildman–Crippen LogP) is 1.66. The van der Waals surface area contributed by atoms with Crippen molar-refractivity contribution in [3.63, 3.8) is 0 Å². The Hall–Kier alpha value is -2.15. The highest BCUT2D eigenvalue weighted by Gasteiger charge is 2.22. The molecule has 0 spiro atoms. The number of aryl methyl sites for hydroxylation is 2. The van der Waals surface area contributed by atoms with Crippen LogP contribution >= 0.6 is 0 Å². The standard InChI is InChI=1S/C17H23N3O3S/c1-13-15(12-20(19-13)16-9-5-4-6-10-16)8-7-11-18-17(21)14(2)24(3,22)23/h4-6,9-10,12,14H,7-8,11H2,1-3H3,(H,18,21). The van der Waals surface area contributed by atoms with Crippen LogP contribution in [0.25, 0.3) is 5.69 Å². The van der Waals surface area contributed by atoms with Gasteiger partial charge in [-0.05, 0) is 44.4 Å². The first-order valence-corrected chi connectivity index (χ1v) is 9.81. The molecular weight excluding hydrogens is 326 g/mol. The van der Waals surface area contributed by atoms with E-state index in [-0.39, 0.29) is 0 Å². The lowest BCUT2D eigenvalue weighted by Gasteiger charge is -2.10. The third kappa shape index (κ3) is 4.67. The fourth-order valence-electron chi connectivity index (χ4n) is 2.28. The molecule has 7 heteroatoms. The van der Waals surface area contributed by atoms with E-state index in [4.69, 9.17) is 0 Å². The molecule has 1 atom stereocenters. The fraction of sp³-hybridized carbons (Fsp3) is 0.412. The first-order chi connectivity index (χ1) is 11.3. The predicted molar refractivity (Wildman–Crippen MR) is 93.9 cm³/mol. The van der Waals surface area contributed by atoms with Crippen molar-refractivity contribution in [3.8, 4) is 5.69 Å². The Morgan fingerprint density at radius 1 is 1.29 bits per heavy atom. The summed E-state index contributed by atoms with van der Waals surface area (Å²) in [6, 6.07) is 9.86. The molecule has 0 saturated carbocycles. The number of nitrogens with one attached hydrogen (secondary N) is 1. The van der Waals surface area contributed by atoms with Gasteiger partial charge in [0.25, 0.3) is 0 Å². The van der Waals surface area contributed by atoms with Crippen LogP contribution in [-0.2, 0) is 21.1 Å². The Morgan fingerprint density at radius 3 is 2.58 bits per heavy atom. The normalized spacial score (nSPS) is 12.8. The number of carbonyl (C=O) groups is 1. The molecule has 24 heavy (non-hydrogen) atoms. The second-order valence-electron chi connectivity index (χ2n) is 5.89. The average Bonchev–Trinajstić information content (AvgIpc) is 2.91. The van der Waals surface area contributed by atoms with E-state index < -0.39 is 21.0 Å². The van der Waals surface area contributed by atoms with Gasteiger partial charge in [-0.1, -0.05) is 18.2 Å². The number of sulfone groups is 1. The van der Waals surface area contributed by atoms with E-state index in [1.807, 2.05) is 48.1 Å². The van der Waals surface area contributed by atoms with Crippen LogP contribution in [0.15, 0.2) is 36.5 Å². The van der Waals surface area contributed by atoms with Gasteiger partial charge in [-0.25, -0.2) is 13.1 Å². The average molecular weight is 349 g/mol. The summed E-state index contributed by atoms with van der Waals surface area (Å²) in [5.74, 6) is -0.450. The van der Waals surface area contributed by atoms with Gasteiger partial charge in [-0.2, -0.15) is 5.10 Å². The lowest BCUT2D eigenvalue weighted by molar-refractivity contribution is -0.120. The van der Waals surface area contributed by atoms with Crippen LogP contribution in [0, 0.1) is 6.92 Å². The summed E-state index contributed by atoms with van der Waals surface area (Å²) in [7, 11) is -3.35. The van der Waals surface area contributed by atoms with E-state index in [0.717, 1.165) is 36.0 Å². The van der Waals surface area contributed by atoms with E-state index in [9.17, 15) is 13.2 Å². The van der Waals surface area contributed by atoms with Gasteiger partial charge in [-0.15, -0.1) is 0 Å². The molecule has 1 N–H and O–H groups in total. The Kier molecular flexibility index (Phi) is 5.77. The van der Waals surface area contributed by atoms with Crippen molar-refractivity contribution in [2.45, 2.75) is 31.9 Å². The number of nitrogens with zero attached hydrogens (tertiary/aromatic N) is 2. The monoisotopic (exact) mass is 349 g/mol. The molecule has 1 aromatic heterocycles. The van der Waals surface area contributed by atoms with Crippen molar-refractivity contribution in [2.75, 3.05) is 12.8 Å². The first kappa shape index (κ1) is 18.2. The summed E-state index contributed by atoms with van der Waals surface area (Å²) in [6.45, 7) is 3.80. The molecule has 0 bridgehead atoms. The highest BCUT2D eigenvalue weighted by molar-refractivity contribution is 7.92. The van der Waals surface area contributed by atoms with Crippen molar-refractivity contribution in [1.29, 1.82) is 0 Å². The zero-order valence-electron chi connectivity index (χ0n) is 14.2. The van der Waals surface area contributed by atoms with Gasteiger partial charge in [0.05, 0.1) is 11.4 Å². The molecule has 0 aliphatic rings. The largest absolute Gasteiger partial charge is 0.355 e. The molecule has 1 unspecified atom stereocenters. The molecule has 2 rings (SSSR count). The van der Waals surface area contributed by atoms with E-state index in [1.165, 1.54) is 6.92 Å². The van der Waals surface area contributed by atoms with Crippen molar-refractivity contribution < 1.29 is 13.2 Å². The van der Waals surface area contributed by atoms with Crippen LogP contribution in [0.1, 0.15) is 24.6 Å². The second-order valence-corrected chi connectivity index (χ2v) is 8.25. The van der Waals surface area contributed by atoms with Crippen molar-refractivity contribution >= 4 is 15.7 Å². The molecule has 1 aromatic carbocycles. The topological polar surface area (TPSA) is 81.1 Å². The number of para-hydroxylation sites is 1. The third-order valence-electron chi connectivity index (χ3n) is 3.95. The number of hydrogen-bond acceptors (Lipinski definition) is 4. The van der Waals surface area contributed by atoms with Crippen LogP contribution in [0.3, 0.4) is 0 Å². The third-order valence-corrected chi connectivity index (χ3v) is 5.45. The fourth-order valence-corrected chi connectivity index (χ4v) is 2.75. The maximum atomic E-state index is 11.8. The molecule has 2 aromatic rings. The molecule has 0 fully saturated rings. The van der Waals surface area contributed by atoms with Gasteiger partial charge in [0.1, 0.15) is 5.25 Å². The minimum absolute atomic E-state index is 0.439. The number of rotatable bonds is 7. The summed E-state index contributed by atoms with van der Waals surface area (Å²) >= 11 is 0. The Labute approximate surface area is 142 Å². The van der Waals surface area contributed by atoms with Gasteiger partial charge in [0.2, 0.25) is 5.91 Å². The minimum Gasteiger partial charge on any atom is -0.355 e. The summed E-state index contributed by atoms with van der Waals surface area (Å²) in [5.41, 5.74) is 3.07. The Morgan fingerprint density at radius 2 is 1.96 bits per heavy atom. The second kappa shape index (κ2) is 7.61. The molecule has 0 aliphatic heterocycles. The van der Waals surface area contributed by atoms with Gasteiger partial charge in [0.15, 0.2) is 9.84 Å². The van der Waals surface area contributed by atoms with Crippen molar-refractivity contribution in [2.24, 2.45) is 0 Å². The SMILES string of the molecule is Cc1nn(-c2ccccc2)cc1CCCNC(=O)C(C)S(C)(=O)=O. The van der Waals surface area contributed by atoms with E-state index in [1.54, 1.807) is 0 Å². The highest BCUT2D eigenvalue weighted by atomic mass is 32.2. The summed E-state index contributed by atoms with van der Waals surface area (Å²) < 4.78 is 24.5. The van der Waals surface area contributed by atoms with Crippen LogP contribution < -0.4 is 5.32 Å². The molecule has 6 nitrogen and oxygen atoms in total. The maximum Gasteiger partial charge on any atom is 0.238 e. The quantitative estimate of drug-likeness (QED) is 0.771. The van der Waals surface area contributed by atoms with Gasteiger partial charge >= 0.3 is 0 Å². The highest BCUT2D eigenvalue weighted by Crippen LogP contribution is 2.13. The lowest BCUT2D eigenvalue weighted by atomic mass is 10.1. The van der Waals surface area contributed by atoms with Crippen LogP contribution in [-0.4, -0.2) is 42.2 Å². The van der Waals surface area contributed by atoms with E-state index in [2.05, 4.69) is 10.4 Å². The maximum absolute atomic E-state index is 11.8. The molecule has 0 radical (unpaired) electrons. The Bertz CT molecular complexity index is 798. The number of hydrogen-bond donors (Lipinski definition) is 1. The molecule has 1 heterocycles. The van der Waals surface area contributed by atoms with Crippen molar-refractivity contribution in [1.82, 2.24) is 15.1 Å². The smallest absolute Gasteiger partial charge is 0.238 e. The van der Waals surface area contributed by atoms with Gasteiger partial charge in [-0.3, -0.25) is 4.79 Å². The molecule has 0 saturated heterocycles. The van der Waals surface area contributed by atoms with E-state index >= 15 is 0 Å². The zero-order valence-corrected chi connectivity index (χ0v) is 15.0. The zero-order chi connectivity index (χ0) is 17.7. The summed E-state index contributed by atoms with van der Waals surface area (Å²) in [6.07, 6.45) is 4.56. The lowest BCUT2D eigenvalue weighted by Crippen LogP contribution is -2.37. The number of benzene rings is 1. The summed E-state index contributed by atoms with van der Waals surface area (Å²) in [5, 5.41) is 6.16. The molecule has 1 amide bonds. The molecular formula is C17H23N3O3S. The molecule has 130 valence electrons. The number of carbonyl (C=O) groups excluding carboxylic acids is 1. The van der Waals surface area contributed by atoms with Gasteiger partial charge < -0.3 is 5.32 Å². The first-order valence-electron chi connectivity index (χ1n) is 7.86. The Balaban J connectivity index is 1.87. The number of amides is 1. The van der Waals surface area contributed by atoms with E-state index in [0.29, 0.717) is 6.54 Å². The van der Waals surface area contributed by atoms with Crippen LogP contribution in [0.5, 0.6) is 0 Å². The van der Waals surface area contributed by atoms with Gasteiger partial charge in [0, 0.05) is 19.0 Å². The van der Waals surface area contributed by atoms with Crippen LogP contribution in [0.4, 0.5) is 0 Å². The van der Waals surface area contributed by atoms with Crippen LogP contribution in [0.2, 0.25) is 0 Å². The summed E-state index contributed by atoms with van der Waals surface area (Å²) in [4.78, 5) is 11.8. The molecule has 0 aliphatic carbocycles.